The molecule has 1 amide bonds. The number of hydrogen-bond donors (Lipinski definition) is 2. The summed E-state index contributed by atoms with van der Waals surface area (Å²) in [5.74, 6) is 1.25. The van der Waals surface area contributed by atoms with Crippen molar-refractivity contribution in [1.82, 2.24) is 15.1 Å². The summed E-state index contributed by atoms with van der Waals surface area (Å²) in [6.07, 6.45) is 2.37. The van der Waals surface area contributed by atoms with Crippen LogP contribution in [0, 0.1) is 5.92 Å². The second-order valence-corrected chi connectivity index (χ2v) is 5.22. The van der Waals surface area contributed by atoms with E-state index in [2.05, 4.69) is 10.4 Å². The number of rotatable bonds is 3. The van der Waals surface area contributed by atoms with E-state index in [0.29, 0.717) is 25.4 Å². The standard InChI is InChI=1S/C15H18N4O2/c1-19-14(16)12(8-18-19)7-17-15(20)11-6-10-4-2-3-5-13(10)21-9-11/h2-5,8,11H,6-7,9,16H2,1H3,(H,17,20). The Morgan fingerprint density at radius 1 is 1.52 bits per heavy atom. The summed E-state index contributed by atoms with van der Waals surface area (Å²) >= 11 is 0. The van der Waals surface area contributed by atoms with Gasteiger partial charge in [-0.1, -0.05) is 18.2 Å². The summed E-state index contributed by atoms with van der Waals surface area (Å²) in [6.45, 7) is 0.794. The Morgan fingerprint density at radius 3 is 3.10 bits per heavy atom. The van der Waals surface area contributed by atoms with E-state index in [1.165, 1.54) is 0 Å². The molecule has 0 aliphatic carbocycles. The van der Waals surface area contributed by atoms with Gasteiger partial charge in [-0.05, 0) is 18.1 Å². The van der Waals surface area contributed by atoms with Crippen LogP contribution >= 0.6 is 0 Å². The fourth-order valence-corrected chi connectivity index (χ4v) is 2.45. The Labute approximate surface area is 122 Å². The molecule has 0 bridgehead atoms. The van der Waals surface area contributed by atoms with E-state index in [1.807, 2.05) is 24.3 Å². The molecule has 6 nitrogen and oxygen atoms in total. The number of hydrogen-bond acceptors (Lipinski definition) is 4. The normalized spacial score (nSPS) is 16.9. The van der Waals surface area contributed by atoms with Gasteiger partial charge in [0.15, 0.2) is 0 Å². The van der Waals surface area contributed by atoms with Crippen molar-refractivity contribution in [2.45, 2.75) is 13.0 Å². The van der Waals surface area contributed by atoms with E-state index in [4.69, 9.17) is 10.5 Å². The van der Waals surface area contributed by atoms with Gasteiger partial charge in [0.1, 0.15) is 18.2 Å². The lowest BCUT2D eigenvalue weighted by molar-refractivity contribution is -0.126. The smallest absolute Gasteiger partial charge is 0.227 e. The van der Waals surface area contributed by atoms with Gasteiger partial charge in [-0.3, -0.25) is 9.48 Å². The minimum absolute atomic E-state index is 0.0206. The van der Waals surface area contributed by atoms with E-state index in [0.717, 1.165) is 16.9 Å². The predicted octanol–water partition coefficient (Wildman–Crippen LogP) is 0.870. The first-order valence-corrected chi connectivity index (χ1v) is 6.90. The first kappa shape index (κ1) is 13.5. The molecule has 1 atom stereocenters. The molecular weight excluding hydrogens is 268 g/mol. The van der Waals surface area contributed by atoms with Gasteiger partial charge in [0.25, 0.3) is 0 Å². The Bertz CT molecular complexity index is 665. The first-order chi connectivity index (χ1) is 10.1. The number of nitrogens with two attached hydrogens (primary N) is 1. The highest BCUT2D eigenvalue weighted by atomic mass is 16.5. The molecule has 2 heterocycles. The second-order valence-electron chi connectivity index (χ2n) is 5.22. The van der Waals surface area contributed by atoms with Gasteiger partial charge in [-0.25, -0.2) is 0 Å². The van der Waals surface area contributed by atoms with Crippen LogP contribution < -0.4 is 15.8 Å². The van der Waals surface area contributed by atoms with Gasteiger partial charge >= 0.3 is 0 Å². The third-order valence-electron chi connectivity index (χ3n) is 3.77. The van der Waals surface area contributed by atoms with Gasteiger partial charge in [0.2, 0.25) is 5.91 Å². The Morgan fingerprint density at radius 2 is 2.33 bits per heavy atom. The number of nitrogen functional groups attached to an aromatic ring is 1. The van der Waals surface area contributed by atoms with Crippen LogP contribution in [0.15, 0.2) is 30.5 Å². The van der Waals surface area contributed by atoms with Gasteiger partial charge in [0, 0.05) is 19.2 Å². The minimum atomic E-state index is -0.169. The maximum absolute atomic E-state index is 12.2. The molecule has 0 radical (unpaired) electrons. The highest BCUT2D eigenvalue weighted by Crippen LogP contribution is 2.26. The number of carbonyl (C=O) groups excluding carboxylic acids is 1. The molecule has 6 heteroatoms. The molecule has 0 fully saturated rings. The van der Waals surface area contributed by atoms with Crippen molar-refractivity contribution in [2.75, 3.05) is 12.3 Å². The van der Waals surface area contributed by atoms with Crippen molar-refractivity contribution in [1.29, 1.82) is 0 Å². The van der Waals surface area contributed by atoms with Gasteiger partial charge < -0.3 is 15.8 Å². The highest BCUT2D eigenvalue weighted by Gasteiger charge is 2.25. The summed E-state index contributed by atoms with van der Waals surface area (Å²) in [4.78, 5) is 12.2. The van der Waals surface area contributed by atoms with Crippen LogP contribution in [0.4, 0.5) is 5.82 Å². The average molecular weight is 286 g/mol. The Balaban J connectivity index is 1.61. The molecule has 1 aliphatic rings. The van der Waals surface area contributed by atoms with E-state index >= 15 is 0 Å². The lowest BCUT2D eigenvalue weighted by Gasteiger charge is -2.24. The molecule has 3 N–H and O–H groups in total. The zero-order chi connectivity index (χ0) is 14.8. The number of fused-ring (bicyclic) bond motifs is 1. The quantitative estimate of drug-likeness (QED) is 0.877. The number of amides is 1. The van der Waals surface area contributed by atoms with Crippen LogP contribution in [0.2, 0.25) is 0 Å². The largest absolute Gasteiger partial charge is 0.492 e. The maximum Gasteiger partial charge on any atom is 0.227 e. The fraction of sp³-hybridized carbons (Fsp3) is 0.333. The van der Waals surface area contributed by atoms with Gasteiger partial charge in [-0.2, -0.15) is 5.10 Å². The molecule has 1 aliphatic heterocycles. The fourth-order valence-electron chi connectivity index (χ4n) is 2.45. The maximum atomic E-state index is 12.2. The van der Waals surface area contributed by atoms with Crippen LogP contribution in [0.3, 0.4) is 0 Å². The highest BCUT2D eigenvalue weighted by molar-refractivity contribution is 5.79. The first-order valence-electron chi connectivity index (χ1n) is 6.90. The monoisotopic (exact) mass is 286 g/mol. The number of nitrogens with zero attached hydrogens (tertiary/aromatic N) is 2. The number of carbonyl (C=O) groups is 1. The van der Waals surface area contributed by atoms with Crippen molar-refractivity contribution in [3.63, 3.8) is 0 Å². The molecular formula is C15H18N4O2. The van der Waals surface area contributed by atoms with E-state index in [-0.39, 0.29) is 11.8 Å². The summed E-state index contributed by atoms with van der Waals surface area (Å²) in [7, 11) is 1.77. The molecule has 0 saturated carbocycles. The van der Waals surface area contributed by atoms with Gasteiger partial charge in [-0.15, -0.1) is 0 Å². The second kappa shape index (κ2) is 5.47. The zero-order valence-corrected chi connectivity index (χ0v) is 11.9. The summed E-state index contributed by atoms with van der Waals surface area (Å²) < 4.78 is 7.22. The number of nitrogens with one attached hydrogen (secondary N) is 1. The predicted molar refractivity (Wildman–Crippen MR) is 78.6 cm³/mol. The lowest BCUT2D eigenvalue weighted by atomic mass is 9.96. The van der Waals surface area contributed by atoms with E-state index in [1.54, 1.807) is 17.9 Å². The number of aryl methyl sites for hydroxylation is 1. The molecule has 1 aromatic carbocycles. The van der Waals surface area contributed by atoms with Crippen LogP contribution in [0.1, 0.15) is 11.1 Å². The summed E-state index contributed by atoms with van der Waals surface area (Å²) in [5, 5.41) is 6.95. The minimum Gasteiger partial charge on any atom is -0.492 e. The van der Waals surface area contributed by atoms with Crippen molar-refractivity contribution >= 4 is 11.7 Å². The van der Waals surface area contributed by atoms with Crippen LogP contribution in [0.25, 0.3) is 0 Å². The topological polar surface area (TPSA) is 82.2 Å². The Kier molecular flexibility index (Phi) is 3.51. The van der Waals surface area contributed by atoms with E-state index in [9.17, 15) is 4.79 Å². The van der Waals surface area contributed by atoms with Crippen molar-refractivity contribution in [3.8, 4) is 5.75 Å². The number of para-hydroxylation sites is 1. The Hall–Kier alpha value is -2.50. The molecule has 2 aromatic rings. The molecule has 0 saturated heterocycles. The van der Waals surface area contributed by atoms with Crippen LogP contribution in [-0.2, 0) is 24.8 Å². The number of anilines is 1. The molecule has 21 heavy (non-hydrogen) atoms. The SMILES string of the molecule is Cn1ncc(CNC(=O)C2COc3ccccc3C2)c1N. The third-order valence-corrected chi connectivity index (χ3v) is 3.77. The van der Waals surface area contributed by atoms with E-state index < -0.39 is 0 Å². The molecule has 0 spiro atoms. The number of benzene rings is 1. The third kappa shape index (κ3) is 2.69. The van der Waals surface area contributed by atoms with Crippen molar-refractivity contribution in [3.05, 3.63) is 41.6 Å². The lowest BCUT2D eigenvalue weighted by Crippen LogP contribution is -2.37. The number of aromatic nitrogens is 2. The van der Waals surface area contributed by atoms with Crippen LogP contribution in [-0.4, -0.2) is 22.3 Å². The van der Waals surface area contributed by atoms with Crippen molar-refractivity contribution in [2.24, 2.45) is 13.0 Å². The van der Waals surface area contributed by atoms with Crippen LogP contribution in [0.5, 0.6) is 5.75 Å². The summed E-state index contributed by atoms with van der Waals surface area (Å²) in [5.41, 5.74) is 7.75. The molecule has 1 unspecified atom stereocenters. The number of ether oxygens (including phenoxy) is 1. The zero-order valence-electron chi connectivity index (χ0n) is 11.9. The van der Waals surface area contributed by atoms with Gasteiger partial charge in [0.05, 0.1) is 12.1 Å². The van der Waals surface area contributed by atoms with Crippen molar-refractivity contribution < 1.29 is 9.53 Å². The molecule has 3 rings (SSSR count). The summed E-state index contributed by atoms with van der Waals surface area (Å²) in [6, 6.07) is 7.82. The molecule has 110 valence electrons. The average Bonchev–Trinajstić information content (AvgIpc) is 2.84. The molecule has 1 aromatic heterocycles.